The Labute approximate surface area is 132 Å². The molecule has 0 unspecified atom stereocenters. The Morgan fingerprint density at radius 2 is 2.00 bits per heavy atom. The lowest BCUT2D eigenvalue weighted by Crippen LogP contribution is -2.28. The summed E-state index contributed by atoms with van der Waals surface area (Å²) in [6.07, 6.45) is 4.50. The largest absolute Gasteiger partial charge is 0.294 e. The minimum absolute atomic E-state index is 0.154. The molecule has 3 aromatic heterocycles. The first-order valence-electron chi connectivity index (χ1n) is 7.02. The molecule has 0 aliphatic heterocycles. The molecule has 0 spiro atoms. The number of aryl methyl sites for hydroxylation is 1. The predicted octanol–water partition coefficient (Wildman–Crippen LogP) is 1.29. The van der Waals surface area contributed by atoms with Gasteiger partial charge in [-0.05, 0) is 6.92 Å². The van der Waals surface area contributed by atoms with E-state index >= 15 is 0 Å². The van der Waals surface area contributed by atoms with Crippen LogP contribution in [0, 0.1) is 12.3 Å². The monoisotopic (exact) mass is 312 g/mol. The summed E-state index contributed by atoms with van der Waals surface area (Å²) >= 11 is 0. The molecule has 23 heavy (non-hydrogen) atoms. The standard InChI is InChI=1S/C14H16N8O/c1-8-5-16-10-9(18-8)11(22-7-15-6-17-22)20-13(19-10)21-12(23)14(2,3)4/h5-7H,1-4H3,(H,16,19,20,21,23). The fraction of sp³-hybridized carbons (Fsp3) is 0.357. The van der Waals surface area contributed by atoms with Gasteiger partial charge in [0.2, 0.25) is 11.9 Å². The van der Waals surface area contributed by atoms with Crippen molar-refractivity contribution in [2.45, 2.75) is 27.7 Å². The van der Waals surface area contributed by atoms with E-state index in [-0.39, 0.29) is 11.9 Å². The van der Waals surface area contributed by atoms with Gasteiger partial charge in [-0.25, -0.2) is 19.6 Å². The van der Waals surface area contributed by atoms with E-state index < -0.39 is 5.41 Å². The third-order valence-electron chi connectivity index (χ3n) is 3.05. The third kappa shape index (κ3) is 2.98. The Kier molecular flexibility index (Phi) is 3.47. The lowest BCUT2D eigenvalue weighted by Gasteiger charge is -2.17. The smallest absolute Gasteiger partial charge is 0.233 e. The number of nitrogens with zero attached hydrogens (tertiary/aromatic N) is 7. The second-order valence-corrected chi connectivity index (χ2v) is 6.10. The van der Waals surface area contributed by atoms with Crippen LogP contribution in [0.2, 0.25) is 0 Å². The van der Waals surface area contributed by atoms with Crippen molar-refractivity contribution in [2.24, 2.45) is 5.41 Å². The van der Waals surface area contributed by atoms with Crippen molar-refractivity contribution in [2.75, 3.05) is 5.32 Å². The lowest BCUT2D eigenvalue weighted by atomic mass is 9.96. The van der Waals surface area contributed by atoms with Gasteiger partial charge in [-0.1, -0.05) is 20.8 Å². The van der Waals surface area contributed by atoms with Gasteiger partial charge in [-0.2, -0.15) is 15.1 Å². The number of rotatable bonds is 2. The molecule has 3 rings (SSSR count). The number of hydrogen-bond donors (Lipinski definition) is 1. The zero-order chi connectivity index (χ0) is 16.6. The topological polar surface area (TPSA) is 111 Å². The molecule has 3 aromatic rings. The zero-order valence-electron chi connectivity index (χ0n) is 13.3. The van der Waals surface area contributed by atoms with Gasteiger partial charge in [0.15, 0.2) is 17.0 Å². The van der Waals surface area contributed by atoms with Crippen molar-refractivity contribution < 1.29 is 4.79 Å². The van der Waals surface area contributed by atoms with Crippen LogP contribution in [0.5, 0.6) is 0 Å². The summed E-state index contributed by atoms with van der Waals surface area (Å²) in [7, 11) is 0. The minimum Gasteiger partial charge on any atom is -0.294 e. The molecule has 0 saturated carbocycles. The van der Waals surface area contributed by atoms with Gasteiger partial charge in [0.1, 0.15) is 12.7 Å². The first-order valence-corrected chi connectivity index (χ1v) is 7.02. The lowest BCUT2D eigenvalue weighted by molar-refractivity contribution is -0.123. The van der Waals surface area contributed by atoms with E-state index in [0.717, 1.165) is 5.69 Å². The van der Waals surface area contributed by atoms with Crippen LogP contribution in [0.25, 0.3) is 17.0 Å². The summed E-state index contributed by atoms with van der Waals surface area (Å²) in [6.45, 7) is 7.26. The van der Waals surface area contributed by atoms with E-state index in [1.165, 1.54) is 17.3 Å². The van der Waals surface area contributed by atoms with Crippen LogP contribution >= 0.6 is 0 Å². The molecule has 0 atom stereocenters. The summed E-state index contributed by atoms with van der Waals surface area (Å²) in [5.41, 5.74) is 1.03. The average Bonchev–Trinajstić information content (AvgIpc) is 3.00. The van der Waals surface area contributed by atoms with Gasteiger partial charge in [0.25, 0.3) is 0 Å². The Bertz CT molecular complexity index is 866. The highest BCUT2D eigenvalue weighted by atomic mass is 16.2. The van der Waals surface area contributed by atoms with E-state index in [2.05, 4.69) is 35.3 Å². The van der Waals surface area contributed by atoms with Crippen molar-refractivity contribution in [3.63, 3.8) is 0 Å². The van der Waals surface area contributed by atoms with Crippen LogP contribution in [-0.2, 0) is 4.79 Å². The molecule has 9 nitrogen and oxygen atoms in total. The molecule has 0 fully saturated rings. The molecule has 118 valence electrons. The van der Waals surface area contributed by atoms with Crippen LogP contribution in [0.1, 0.15) is 26.5 Å². The predicted molar refractivity (Wildman–Crippen MR) is 82.9 cm³/mol. The summed E-state index contributed by atoms with van der Waals surface area (Å²) in [5, 5.41) is 6.77. The van der Waals surface area contributed by atoms with Gasteiger partial charge in [0, 0.05) is 5.41 Å². The molecule has 0 aromatic carbocycles. The highest BCUT2D eigenvalue weighted by molar-refractivity contribution is 5.94. The maximum Gasteiger partial charge on any atom is 0.233 e. The Morgan fingerprint density at radius 1 is 1.22 bits per heavy atom. The number of amides is 1. The van der Waals surface area contributed by atoms with Crippen LogP contribution in [-0.4, -0.2) is 40.6 Å². The second-order valence-electron chi connectivity index (χ2n) is 6.10. The van der Waals surface area contributed by atoms with Gasteiger partial charge in [0.05, 0.1) is 11.9 Å². The van der Waals surface area contributed by atoms with Crippen molar-refractivity contribution in [3.05, 3.63) is 24.5 Å². The number of carbonyl (C=O) groups excluding carboxylic acids is 1. The normalized spacial score (nSPS) is 11.7. The summed E-state index contributed by atoms with van der Waals surface area (Å²) in [4.78, 5) is 33.4. The van der Waals surface area contributed by atoms with Crippen molar-refractivity contribution in [1.82, 2.24) is 34.7 Å². The van der Waals surface area contributed by atoms with Crippen molar-refractivity contribution in [1.29, 1.82) is 0 Å². The molecular weight excluding hydrogens is 296 g/mol. The van der Waals surface area contributed by atoms with E-state index in [1.54, 1.807) is 6.20 Å². The molecule has 9 heteroatoms. The number of fused-ring (bicyclic) bond motifs is 1. The van der Waals surface area contributed by atoms with Gasteiger partial charge in [-0.3, -0.25) is 10.1 Å². The molecule has 0 saturated heterocycles. The average molecular weight is 312 g/mol. The number of aromatic nitrogens is 7. The molecule has 0 bridgehead atoms. The fourth-order valence-electron chi connectivity index (χ4n) is 1.80. The summed E-state index contributed by atoms with van der Waals surface area (Å²) in [6, 6.07) is 0. The number of anilines is 1. The highest BCUT2D eigenvalue weighted by Crippen LogP contribution is 2.20. The molecule has 1 N–H and O–H groups in total. The first kappa shape index (κ1) is 14.9. The third-order valence-corrected chi connectivity index (χ3v) is 3.05. The highest BCUT2D eigenvalue weighted by Gasteiger charge is 2.23. The van der Waals surface area contributed by atoms with Crippen molar-refractivity contribution in [3.8, 4) is 5.82 Å². The SMILES string of the molecule is Cc1cnc2nc(NC(=O)C(C)(C)C)nc(-n3cncn3)c2n1. The number of hydrogen-bond acceptors (Lipinski definition) is 7. The summed E-state index contributed by atoms with van der Waals surface area (Å²) < 4.78 is 1.46. The molecule has 0 aliphatic carbocycles. The maximum absolute atomic E-state index is 12.2. The van der Waals surface area contributed by atoms with Crippen LogP contribution in [0.3, 0.4) is 0 Å². The van der Waals surface area contributed by atoms with Crippen LogP contribution in [0.15, 0.2) is 18.9 Å². The van der Waals surface area contributed by atoms with Gasteiger partial charge < -0.3 is 0 Å². The maximum atomic E-state index is 12.2. The zero-order valence-corrected chi connectivity index (χ0v) is 13.3. The molecule has 0 aliphatic rings. The Balaban J connectivity index is 2.15. The van der Waals surface area contributed by atoms with E-state index in [1.807, 2.05) is 27.7 Å². The van der Waals surface area contributed by atoms with Gasteiger partial charge in [-0.15, -0.1) is 0 Å². The molecule has 3 heterocycles. The quantitative estimate of drug-likeness (QED) is 0.759. The van der Waals surface area contributed by atoms with E-state index in [9.17, 15) is 4.79 Å². The number of nitrogens with one attached hydrogen (secondary N) is 1. The first-order chi connectivity index (χ1) is 10.8. The van der Waals surface area contributed by atoms with E-state index in [4.69, 9.17) is 0 Å². The van der Waals surface area contributed by atoms with Crippen LogP contribution < -0.4 is 5.32 Å². The fourth-order valence-corrected chi connectivity index (χ4v) is 1.80. The minimum atomic E-state index is -0.565. The molecule has 0 radical (unpaired) electrons. The van der Waals surface area contributed by atoms with Gasteiger partial charge >= 0.3 is 0 Å². The van der Waals surface area contributed by atoms with Crippen LogP contribution in [0.4, 0.5) is 5.95 Å². The summed E-state index contributed by atoms with van der Waals surface area (Å²) in [5.74, 6) is 0.371. The molecule has 1 amide bonds. The van der Waals surface area contributed by atoms with E-state index in [0.29, 0.717) is 17.0 Å². The van der Waals surface area contributed by atoms with Crippen molar-refractivity contribution >= 4 is 23.0 Å². The Hall–Kier alpha value is -2.97. The second kappa shape index (κ2) is 5.34. The number of carbonyl (C=O) groups is 1. The molecular formula is C14H16N8O. The Morgan fingerprint density at radius 3 is 2.65 bits per heavy atom.